The van der Waals surface area contributed by atoms with E-state index in [0.29, 0.717) is 17.5 Å². The first kappa shape index (κ1) is 15.1. The van der Waals surface area contributed by atoms with Crippen molar-refractivity contribution in [3.05, 3.63) is 18.0 Å². The van der Waals surface area contributed by atoms with Gasteiger partial charge in [-0.15, -0.1) is 0 Å². The smallest absolute Gasteiger partial charge is 0.242 e. The minimum atomic E-state index is -3.48. The summed E-state index contributed by atoms with van der Waals surface area (Å²) in [5.41, 5.74) is 0.658. The van der Waals surface area contributed by atoms with Crippen LogP contribution in [0.2, 0.25) is 0 Å². The Labute approximate surface area is 126 Å². The second kappa shape index (κ2) is 5.74. The molecule has 2 saturated carbocycles. The summed E-state index contributed by atoms with van der Waals surface area (Å²) in [5, 5.41) is 9.36. The number of aromatic nitrogens is 1. The number of nitrogens with one attached hydrogen (secondary N) is 1. The minimum absolute atomic E-state index is 0.0980. The number of sulfonamides is 1. The molecule has 3 atom stereocenters. The summed E-state index contributed by atoms with van der Waals surface area (Å²) in [7, 11) is -3.48. The van der Waals surface area contributed by atoms with Gasteiger partial charge in [-0.3, -0.25) is 0 Å². The number of nitrogens with zero attached hydrogens (tertiary/aromatic N) is 1. The fourth-order valence-corrected chi connectivity index (χ4v) is 5.29. The van der Waals surface area contributed by atoms with Crippen molar-refractivity contribution >= 4 is 10.0 Å². The van der Waals surface area contributed by atoms with Crippen molar-refractivity contribution in [1.29, 1.82) is 0 Å². The Balaban J connectivity index is 1.78. The first-order valence-electron chi connectivity index (χ1n) is 7.85. The zero-order valence-corrected chi connectivity index (χ0v) is 13.3. The van der Waals surface area contributed by atoms with Crippen molar-refractivity contribution in [3.8, 4) is 0 Å². The molecular formula is C15H24N2O3S. The first-order valence-corrected chi connectivity index (χ1v) is 9.34. The lowest BCUT2D eigenvalue weighted by molar-refractivity contribution is 0.270. The molecule has 0 radical (unpaired) electrons. The first-order chi connectivity index (χ1) is 10.0. The van der Waals surface area contributed by atoms with Crippen molar-refractivity contribution in [2.75, 3.05) is 0 Å². The van der Waals surface area contributed by atoms with Gasteiger partial charge in [-0.25, -0.2) is 13.1 Å². The topological polar surface area (TPSA) is 71.3 Å². The van der Waals surface area contributed by atoms with Crippen LogP contribution in [0.4, 0.5) is 0 Å². The van der Waals surface area contributed by atoms with Crippen molar-refractivity contribution in [1.82, 2.24) is 9.29 Å². The molecule has 2 aliphatic rings. The summed E-state index contributed by atoms with van der Waals surface area (Å²) < 4.78 is 29.8. The van der Waals surface area contributed by atoms with E-state index in [1.165, 1.54) is 12.8 Å². The number of hydrogen-bond donors (Lipinski definition) is 2. The molecule has 0 aromatic carbocycles. The lowest BCUT2D eigenvalue weighted by Crippen LogP contribution is -2.38. The molecule has 2 aliphatic carbocycles. The van der Waals surface area contributed by atoms with Gasteiger partial charge in [0.1, 0.15) is 0 Å². The van der Waals surface area contributed by atoms with Gasteiger partial charge in [-0.05, 0) is 43.6 Å². The Morgan fingerprint density at radius 3 is 2.76 bits per heavy atom. The van der Waals surface area contributed by atoms with Crippen LogP contribution in [-0.4, -0.2) is 24.1 Å². The maximum Gasteiger partial charge on any atom is 0.242 e. The van der Waals surface area contributed by atoms with Crippen LogP contribution in [0.1, 0.15) is 44.7 Å². The molecule has 0 amide bonds. The van der Waals surface area contributed by atoms with Crippen LogP contribution in [0.15, 0.2) is 17.2 Å². The molecule has 0 saturated heterocycles. The van der Waals surface area contributed by atoms with E-state index in [9.17, 15) is 13.5 Å². The third kappa shape index (κ3) is 2.89. The second-order valence-electron chi connectivity index (χ2n) is 6.42. The van der Waals surface area contributed by atoms with Crippen LogP contribution in [0.25, 0.3) is 0 Å². The SMILES string of the molecule is CCCn1cc(S(=O)(=O)NC2CC3CCC2C3)cc1CO. The number of rotatable bonds is 6. The van der Waals surface area contributed by atoms with Crippen molar-refractivity contribution < 1.29 is 13.5 Å². The molecule has 1 aromatic rings. The van der Waals surface area contributed by atoms with Gasteiger partial charge in [0.05, 0.1) is 11.5 Å². The minimum Gasteiger partial charge on any atom is -0.390 e. The van der Waals surface area contributed by atoms with E-state index in [-0.39, 0.29) is 17.5 Å². The lowest BCUT2D eigenvalue weighted by Gasteiger charge is -2.22. The predicted molar refractivity (Wildman–Crippen MR) is 80.2 cm³/mol. The van der Waals surface area contributed by atoms with E-state index in [4.69, 9.17) is 0 Å². The number of aryl methyl sites for hydroxylation is 1. The maximum atomic E-state index is 12.5. The number of hydrogen-bond acceptors (Lipinski definition) is 3. The van der Waals surface area contributed by atoms with Gasteiger partial charge in [-0.2, -0.15) is 0 Å². The number of fused-ring (bicyclic) bond motifs is 2. The normalized spacial score (nSPS) is 28.4. The molecule has 2 fully saturated rings. The zero-order chi connectivity index (χ0) is 15.0. The molecule has 2 bridgehead atoms. The molecule has 21 heavy (non-hydrogen) atoms. The fraction of sp³-hybridized carbons (Fsp3) is 0.733. The Morgan fingerprint density at radius 1 is 1.38 bits per heavy atom. The highest BCUT2D eigenvalue weighted by Crippen LogP contribution is 2.44. The summed E-state index contributed by atoms with van der Waals surface area (Å²) in [6.45, 7) is 2.62. The van der Waals surface area contributed by atoms with Crippen molar-refractivity contribution in [2.24, 2.45) is 11.8 Å². The molecule has 1 aromatic heterocycles. The van der Waals surface area contributed by atoms with Gasteiger partial charge in [0.2, 0.25) is 10.0 Å². The van der Waals surface area contributed by atoms with Gasteiger partial charge < -0.3 is 9.67 Å². The van der Waals surface area contributed by atoms with Crippen LogP contribution in [0.3, 0.4) is 0 Å². The monoisotopic (exact) mass is 312 g/mol. The Hall–Kier alpha value is -0.850. The number of aliphatic hydroxyl groups excluding tert-OH is 1. The summed E-state index contributed by atoms with van der Waals surface area (Å²) in [6.07, 6.45) is 7.10. The molecule has 0 aliphatic heterocycles. The maximum absolute atomic E-state index is 12.5. The summed E-state index contributed by atoms with van der Waals surface area (Å²) in [6, 6.07) is 1.69. The number of aliphatic hydroxyl groups is 1. The van der Waals surface area contributed by atoms with Crippen LogP contribution < -0.4 is 4.72 Å². The van der Waals surface area contributed by atoms with E-state index >= 15 is 0 Å². The van der Waals surface area contributed by atoms with E-state index in [0.717, 1.165) is 25.8 Å². The molecule has 5 nitrogen and oxygen atoms in total. The average molecular weight is 312 g/mol. The molecule has 3 unspecified atom stereocenters. The van der Waals surface area contributed by atoms with Gasteiger partial charge in [0, 0.05) is 24.5 Å². The van der Waals surface area contributed by atoms with E-state index < -0.39 is 10.0 Å². The average Bonchev–Trinajstić information content (AvgIpc) is 3.13. The van der Waals surface area contributed by atoms with Gasteiger partial charge in [-0.1, -0.05) is 13.3 Å². The summed E-state index contributed by atoms with van der Waals surface area (Å²) in [4.78, 5) is 0.280. The van der Waals surface area contributed by atoms with E-state index in [2.05, 4.69) is 4.72 Å². The van der Waals surface area contributed by atoms with Crippen molar-refractivity contribution in [2.45, 2.75) is 63.1 Å². The molecule has 2 N–H and O–H groups in total. The van der Waals surface area contributed by atoms with Crippen LogP contribution >= 0.6 is 0 Å². The molecule has 118 valence electrons. The van der Waals surface area contributed by atoms with E-state index in [1.54, 1.807) is 12.3 Å². The van der Waals surface area contributed by atoms with E-state index in [1.807, 2.05) is 11.5 Å². The third-order valence-corrected chi connectivity index (χ3v) is 6.40. The highest BCUT2D eigenvalue weighted by Gasteiger charge is 2.41. The molecular weight excluding hydrogens is 288 g/mol. The largest absolute Gasteiger partial charge is 0.390 e. The summed E-state index contributed by atoms with van der Waals surface area (Å²) in [5.74, 6) is 1.22. The predicted octanol–water partition coefficient (Wildman–Crippen LogP) is 1.86. The Kier molecular flexibility index (Phi) is 4.12. The van der Waals surface area contributed by atoms with Crippen LogP contribution in [-0.2, 0) is 23.2 Å². The lowest BCUT2D eigenvalue weighted by atomic mass is 9.96. The van der Waals surface area contributed by atoms with Crippen molar-refractivity contribution in [3.63, 3.8) is 0 Å². The Morgan fingerprint density at radius 2 is 2.19 bits per heavy atom. The zero-order valence-electron chi connectivity index (χ0n) is 12.5. The Bertz CT molecular complexity index is 608. The molecule has 1 heterocycles. The highest BCUT2D eigenvalue weighted by molar-refractivity contribution is 7.89. The summed E-state index contributed by atoms with van der Waals surface area (Å²) >= 11 is 0. The van der Waals surface area contributed by atoms with Gasteiger partial charge in [0.25, 0.3) is 0 Å². The molecule has 6 heteroatoms. The molecule has 0 spiro atoms. The highest BCUT2D eigenvalue weighted by atomic mass is 32.2. The third-order valence-electron chi connectivity index (χ3n) is 4.94. The van der Waals surface area contributed by atoms with Gasteiger partial charge in [0.15, 0.2) is 0 Å². The quantitative estimate of drug-likeness (QED) is 0.842. The van der Waals surface area contributed by atoms with Gasteiger partial charge >= 0.3 is 0 Å². The standard InChI is InChI=1S/C15H24N2O3S/c1-2-5-17-9-14(8-13(17)10-18)21(19,20)16-15-7-11-3-4-12(15)6-11/h8-9,11-12,15-16,18H,2-7,10H2,1H3. The fourth-order valence-electron chi connectivity index (χ4n) is 3.91. The second-order valence-corrected chi connectivity index (χ2v) is 8.14. The molecule has 3 rings (SSSR count). The van der Waals surface area contributed by atoms with Crippen LogP contribution in [0.5, 0.6) is 0 Å². The van der Waals surface area contributed by atoms with Crippen LogP contribution in [0, 0.1) is 11.8 Å².